The lowest BCUT2D eigenvalue weighted by molar-refractivity contribution is 0.203. The second-order valence-electron chi connectivity index (χ2n) is 7.82. The van der Waals surface area contributed by atoms with Crippen LogP contribution in [-0.4, -0.2) is 54.0 Å². The van der Waals surface area contributed by atoms with Gasteiger partial charge in [-0.05, 0) is 28.7 Å². The van der Waals surface area contributed by atoms with Gasteiger partial charge < -0.3 is 20.8 Å². The fourth-order valence-corrected chi connectivity index (χ4v) is 3.45. The molecule has 3 heterocycles. The molecule has 0 aliphatic carbocycles. The Hall–Kier alpha value is -3.56. The van der Waals surface area contributed by atoms with E-state index in [4.69, 9.17) is 0 Å². The quantitative estimate of drug-likeness (QED) is 0.318. The van der Waals surface area contributed by atoms with Crippen molar-refractivity contribution in [2.75, 3.05) is 23.8 Å². The molecular formula is C23H27N7O2. The van der Waals surface area contributed by atoms with Gasteiger partial charge in [-0.1, -0.05) is 44.2 Å². The van der Waals surface area contributed by atoms with E-state index in [0.717, 1.165) is 22.3 Å². The van der Waals surface area contributed by atoms with Crippen molar-refractivity contribution in [1.29, 1.82) is 0 Å². The molecule has 32 heavy (non-hydrogen) atoms. The van der Waals surface area contributed by atoms with E-state index < -0.39 is 6.04 Å². The van der Waals surface area contributed by atoms with Gasteiger partial charge in [0.2, 0.25) is 11.9 Å². The molecule has 9 heteroatoms. The number of hydrogen-bond acceptors (Lipinski definition) is 8. The number of benzene rings is 1. The SMILES string of the molecule is CC(C)c1cnn2c(NCc3cnccc3-c3ccccc3)nc(NC(CO)CO)nc12. The Labute approximate surface area is 186 Å². The average Bonchev–Trinajstić information content (AvgIpc) is 3.26. The van der Waals surface area contributed by atoms with Gasteiger partial charge in [0.25, 0.3) is 0 Å². The number of aromatic nitrogens is 5. The van der Waals surface area contributed by atoms with Crippen molar-refractivity contribution in [2.45, 2.75) is 32.4 Å². The predicted octanol–water partition coefficient (Wildman–Crippen LogP) is 2.69. The van der Waals surface area contributed by atoms with Crippen molar-refractivity contribution in [3.05, 3.63) is 66.1 Å². The van der Waals surface area contributed by atoms with E-state index in [1.165, 1.54) is 0 Å². The molecule has 4 rings (SSSR count). The van der Waals surface area contributed by atoms with Gasteiger partial charge in [0, 0.05) is 24.5 Å². The maximum atomic E-state index is 9.45. The highest BCUT2D eigenvalue weighted by atomic mass is 16.3. The molecule has 4 N–H and O–H groups in total. The summed E-state index contributed by atoms with van der Waals surface area (Å²) < 4.78 is 1.67. The first-order chi connectivity index (χ1) is 15.6. The van der Waals surface area contributed by atoms with Crippen molar-refractivity contribution in [3.8, 4) is 11.1 Å². The second-order valence-corrected chi connectivity index (χ2v) is 7.82. The summed E-state index contributed by atoms with van der Waals surface area (Å²) in [4.78, 5) is 13.4. The summed E-state index contributed by atoms with van der Waals surface area (Å²) >= 11 is 0. The first-order valence-electron chi connectivity index (χ1n) is 10.6. The third kappa shape index (κ3) is 4.53. The van der Waals surface area contributed by atoms with Gasteiger partial charge in [0.1, 0.15) is 0 Å². The first kappa shape index (κ1) is 21.7. The Morgan fingerprint density at radius 3 is 2.50 bits per heavy atom. The third-order valence-electron chi connectivity index (χ3n) is 5.22. The van der Waals surface area contributed by atoms with Gasteiger partial charge in [-0.2, -0.15) is 19.6 Å². The number of pyridine rings is 1. The maximum Gasteiger partial charge on any atom is 0.229 e. The second kappa shape index (κ2) is 9.71. The molecule has 0 atom stereocenters. The fourth-order valence-electron chi connectivity index (χ4n) is 3.45. The largest absolute Gasteiger partial charge is 0.394 e. The molecule has 0 aliphatic heterocycles. The molecule has 3 aromatic heterocycles. The van der Waals surface area contributed by atoms with Crippen molar-refractivity contribution < 1.29 is 10.2 Å². The number of aliphatic hydroxyl groups excluding tert-OH is 2. The van der Waals surface area contributed by atoms with Gasteiger partial charge in [-0.3, -0.25) is 4.98 Å². The van der Waals surface area contributed by atoms with E-state index in [-0.39, 0.29) is 19.1 Å². The number of rotatable bonds is 9. The van der Waals surface area contributed by atoms with Crippen LogP contribution in [0.25, 0.3) is 16.8 Å². The molecule has 0 radical (unpaired) electrons. The summed E-state index contributed by atoms with van der Waals surface area (Å²) in [5, 5.41) is 29.7. The molecule has 0 aliphatic rings. The number of nitrogens with zero attached hydrogens (tertiary/aromatic N) is 5. The molecule has 166 valence electrons. The van der Waals surface area contributed by atoms with Crippen molar-refractivity contribution in [2.24, 2.45) is 0 Å². The first-order valence-corrected chi connectivity index (χ1v) is 10.6. The number of anilines is 2. The van der Waals surface area contributed by atoms with Crippen LogP contribution in [0, 0.1) is 0 Å². The summed E-state index contributed by atoms with van der Waals surface area (Å²) in [7, 11) is 0. The number of aliphatic hydroxyl groups is 2. The Kier molecular flexibility index (Phi) is 6.58. The molecule has 9 nitrogen and oxygen atoms in total. The highest BCUT2D eigenvalue weighted by Gasteiger charge is 2.17. The monoisotopic (exact) mass is 433 g/mol. The molecule has 0 bridgehead atoms. The van der Waals surface area contributed by atoms with Gasteiger partial charge >= 0.3 is 0 Å². The van der Waals surface area contributed by atoms with E-state index in [0.29, 0.717) is 24.1 Å². The molecule has 0 unspecified atom stereocenters. The summed E-state index contributed by atoms with van der Waals surface area (Å²) in [5.74, 6) is 1.03. The van der Waals surface area contributed by atoms with Crippen LogP contribution in [0.15, 0.2) is 55.0 Å². The van der Waals surface area contributed by atoms with Crippen molar-refractivity contribution in [3.63, 3.8) is 0 Å². The Morgan fingerprint density at radius 1 is 1.00 bits per heavy atom. The Morgan fingerprint density at radius 2 is 1.78 bits per heavy atom. The van der Waals surface area contributed by atoms with Crippen molar-refractivity contribution in [1.82, 2.24) is 24.6 Å². The fraction of sp³-hybridized carbons (Fsp3) is 0.304. The molecule has 0 saturated carbocycles. The lowest BCUT2D eigenvalue weighted by Gasteiger charge is -2.16. The zero-order valence-corrected chi connectivity index (χ0v) is 18.1. The number of nitrogens with one attached hydrogen (secondary N) is 2. The number of hydrogen-bond donors (Lipinski definition) is 4. The van der Waals surface area contributed by atoms with Crippen LogP contribution in [0.5, 0.6) is 0 Å². The van der Waals surface area contributed by atoms with E-state index in [9.17, 15) is 10.2 Å². The molecule has 4 aromatic rings. The summed E-state index contributed by atoms with van der Waals surface area (Å²) in [6.07, 6.45) is 5.41. The van der Waals surface area contributed by atoms with Crippen LogP contribution in [0.1, 0.15) is 30.9 Å². The highest BCUT2D eigenvalue weighted by molar-refractivity contribution is 5.67. The highest BCUT2D eigenvalue weighted by Crippen LogP contribution is 2.25. The Balaban J connectivity index is 1.69. The average molecular weight is 434 g/mol. The van der Waals surface area contributed by atoms with Gasteiger partial charge in [0.05, 0.1) is 25.5 Å². The summed E-state index contributed by atoms with van der Waals surface area (Å²) in [5.41, 5.74) is 4.86. The summed E-state index contributed by atoms with van der Waals surface area (Å²) in [6.45, 7) is 4.15. The van der Waals surface area contributed by atoms with E-state index in [2.05, 4.69) is 56.7 Å². The van der Waals surface area contributed by atoms with Gasteiger partial charge in [0.15, 0.2) is 5.65 Å². The molecule has 0 saturated heterocycles. The minimum atomic E-state index is -0.557. The van der Waals surface area contributed by atoms with Crippen LogP contribution in [0.4, 0.5) is 11.9 Å². The molecular weight excluding hydrogens is 406 g/mol. The molecule has 0 fully saturated rings. The van der Waals surface area contributed by atoms with Crippen LogP contribution in [0.3, 0.4) is 0 Å². The standard InChI is InChI=1S/C23H27N7O2/c1-15(2)20-12-26-30-21(20)28-22(27-18(13-31)14-32)29-23(30)25-11-17-10-24-9-8-19(17)16-6-4-3-5-7-16/h3-10,12,15,18,31-32H,11,13-14H2,1-2H3,(H2,25,27,28,29). The number of fused-ring (bicyclic) bond motifs is 1. The van der Waals surface area contributed by atoms with Gasteiger partial charge in [-0.25, -0.2) is 0 Å². The van der Waals surface area contributed by atoms with E-state index in [1.54, 1.807) is 16.9 Å². The van der Waals surface area contributed by atoms with Crippen LogP contribution >= 0.6 is 0 Å². The Bertz CT molecular complexity index is 1170. The minimum absolute atomic E-state index is 0.220. The zero-order chi connectivity index (χ0) is 22.5. The molecule has 1 aromatic carbocycles. The lowest BCUT2D eigenvalue weighted by atomic mass is 10.0. The molecule has 0 amide bonds. The van der Waals surface area contributed by atoms with Gasteiger partial charge in [-0.15, -0.1) is 0 Å². The summed E-state index contributed by atoms with van der Waals surface area (Å²) in [6, 6.07) is 11.6. The van der Waals surface area contributed by atoms with E-state index >= 15 is 0 Å². The normalized spacial score (nSPS) is 11.4. The van der Waals surface area contributed by atoms with Crippen LogP contribution < -0.4 is 10.6 Å². The zero-order valence-electron chi connectivity index (χ0n) is 18.1. The lowest BCUT2D eigenvalue weighted by Crippen LogP contribution is -2.29. The minimum Gasteiger partial charge on any atom is -0.394 e. The van der Waals surface area contributed by atoms with Crippen LogP contribution in [0.2, 0.25) is 0 Å². The third-order valence-corrected chi connectivity index (χ3v) is 5.22. The maximum absolute atomic E-state index is 9.45. The topological polar surface area (TPSA) is 120 Å². The predicted molar refractivity (Wildman–Crippen MR) is 123 cm³/mol. The van der Waals surface area contributed by atoms with Crippen molar-refractivity contribution >= 4 is 17.5 Å². The smallest absolute Gasteiger partial charge is 0.229 e. The van der Waals surface area contributed by atoms with E-state index in [1.807, 2.05) is 30.5 Å². The van der Waals surface area contributed by atoms with Crippen LogP contribution in [-0.2, 0) is 6.54 Å². The molecule has 0 spiro atoms.